The van der Waals surface area contributed by atoms with Gasteiger partial charge in [0.1, 0.15) is 12.4 Å². The third-order valence-corrected chi connectivity index (χ3v) is 8.45. The number of benzene rings is 2. The van der Waals surface area contributed by atoms with E-state index in [0.29, 0.717) is 18.7 Å². The van der Waals surface area contributed by atoms with Gasteiger partial charge in [-0.2, -0.15) is 0 Å². The third-order valence-electron chi connectivity index (χ3n) is 8.45. The summed E-state index contributed by atoms with van der Waals surface area (Å²) in [5.41, 5.74) is 0.483. The highest BCUT2D eigenvalue weighted by Gasteiger charge is 2.41. The Hall–Kier alpha value is -2.90. The first-order valence-corrected chi connectivity index (χ1v) is 14.4. The molecule has 1 amide bonds. The van der Waals surface area contributed by atoms with E-state index in [1.165, 1.54) is 0 Å². The molecule has 0 heterocycles. The van der Waals surface area contributed by atoms with E-state index in [1.807, 2.05) is 56.6 Å². The Bertz CT molecular complexity index is 1080. The maximum absolute atomic E-state index is 12.9. The molecule has 0 unspecified atom stereocenters. The molecule has 212 valence electrons. The van der Waals surface area contributed by atoms with Gasteiger partial charge in [-0.1, -0.05) is 74.6 Å². The lowest BCUT2D eigenvalue weighted by atomic mass is 9.71. The molecular weight excluding hydrogens is 492 g/mol. The number of nitrogens with one attached hydrogen (secondary N) is 1. The van der Waals surface area contributed by atoms with Crippen molar-refractivity contribution in [2.45, 2.75) is 76.4 Å². The third kappa shape index (κ3) is 8.05. The monoisotopic (exact) mass is 536 g/mol. The maximum Gasteiger partial charge on any atom is 0.412 e. The maximum atomic E-state index is 12.9. The topological polar surface area (TPSA) is 88.1 Å². The molecule has 2 aromatic rings. The second-order valence-corrected chi connectivity index (χ2v) is 11.8. The molecule has 2 N–H and O–H groups in total. The predicted octanol–water partition coefficient (Wildman–Crippen LogP) is 5.80. The van der Waals surface area contributed by atoms with E-state index in [-0.39, 0.29) is 30.3 Å². The molecule has 0 bridgehead atoms. The zero-order valence-corrected chi connectivity index (χ0v) is 23.5. The van der Waals surface area contributed by atoms with Crippen molar-refractivity contribution in [2.24, 2.45) is 11.3 Å². The van der Waals surface area contributed by atoms with Crippen LogP contribution in [0, 0.1) is 11.3 Å². The largest absolute Gasteiger partial charge is 0.461 e. The molecule has 7 nitrogen and oxygen atoms in total. The fraction of sp³-hybridized carbons (Fsp3) is 0.562. The van der Waals surface area contributed by atoms with Crippen LogP contribution >= 0.6 is 0 Å². The van der Waals surface area contributed by atoms with Crippen LogP contribution < -0.4 is 10.1 Å². The lowest BCUT2D eigenvalue weighted by molar-refractivity contribution is -0.148. The zero-order chi connectivity index (χ0) is 27.7. The van der Waals surface area contributed by atoms with Gasteiger partial charge in [0.2, 0.25) is 0 Å². The number of carbonyl (C=O) groups excluding carboxylic acids is 2. The van der Waals surface area contributed by atoms with Crippen molar-refractivity contribution in [3.8, 4) is 5.75 Å². The molecule has 0 saturated heterocycles. The number of carbonyl (C=O) groups is 2. The zero-order valence-electron chi connectivity index (χ0n) is 23.5. The second kappa shape index (κ2) is 13.4. The van der Waals surface area contributed by atoms with Gasteiger partial charge >= 0.3 is 12.1 Å². The van der Waals surface area contributed by atoms with Gasteiger partial charge in [0, 0.05) is 19.0 Å². The quantitative estimate of drug-likeness (QED) is 0.373. The van der Waals surface area contributed by atoms with E-state index < -0.39 is 11.7 Å². The fourth-order valence-electron chi connectivity index (χ4n) is 6.34. The Kier molecular flexibility index (Phi) is 10.0. The normalized spacial score (nSPS) is 22.7. The summed E-state index contributed by atoms with van der Waals surface area (Å²) in [5, 5.41) is 14.6. The highest BCUT2D eigenvalue weighted by molar-refractivity contribution is 5.72. The number of hydrogen-bond donors (Lipinski definition) is 2. The molecule has 2 fully saturated rings. The first-order valence-electron chi connectivity index (χ1n) is 14.4. The number of rotatable bonds is 10. The predicted molar refractivity (Wildman–Crippen MR) is 151 cm³/mol. The standard InChI is InChI=1S/C32H44N2O5/c1-34(2)22-27-14-7-10-19-32(27,37)26-15-11-16-28(20-26)39-30(36)33-24-31(17-8-4-9-18-31)21-29(35)38-23-25-12-5-3-6-13-25/h3,5-6,11-13,15-16,20,27,37H,4,7-10,14,17-19,21-24H2,1-2H3,(H,33,36)/t27-,32-/m1/s1. The van der Waals surface area contributed by atoms with Gasteiger partial charge in [-0.25, -0.2) is 4.79 Å². The molecule has 4 rings (SSSR count). The molecular formula is C32H44N2O5. The van der Waals surface area contributed by atoms with Crippen molar-refractivity contribution in [2.75, 3.05) is 27.2 Å². The Morgan fingerprint density at radius 2 is 1.72 bits per heavy atom. The summed E-state index contributed by atoms with van der Waals surface area (Å²) in [4.78, 5) is 27.7. The van der Waals surface area contributed by atoms with Crippen LogP contribution in [0.15, 0.2) is 54.6 Å². The Balaban J connectivity index is 1.35. The molecule has 0 aromatic heterocycles. The lowest BCUT2D eigenvalue weighted by Gasteiger charge is -2.41. The van der Waals surface area contributed by atoms with E-state index in [4.69, 9.17) is 9.47 Å². The van der Waals surface area contributed by atoms with E-state index in [1.54, 1.807) is 12.1 Å². The SMILES string of the molecule is CN(C)C[C@H]1CCCC[C@@]1(O)c1cccc(OC(=O)NCC2(CC(=O)OCc3ccccc3)CCCCC2)c1. The molecule has 2 atom stereocenters. The van der Waals surface area contributed by atoms with Gasteiger partial charge in [0.25, 0.3) is 0 Å². The highest BCUT2D eigenvalue weighted by Crippen LogP contribution is 2.43. The first-order chi connectivity index (χ1) is 18.8. The first kappa shape index (κ1) is 29.1. The summed E-state index contributed by atoms with van der Waals surface area (Å²) in [6, 6.07) is 17.0. The minimum atomic E-state index is -0.940. The Labute approximate surface area is 232 Å². The summed E-state index contributed by atoms with van der Waals surface area (Å²) in [7, 11) is 4.06. The molecule has 0 radical (unpaired) electrons. The number of aliphatic hydroxyl groups is 1. The van der Waals surface area contributed by atoms with Crippen LogP contribution in [-0.4, -0.2) is 49.3 Å². The molecule has 2 aromatic carbocycles. The van der Waals surface area contributed by atoms with Crippen molar-refractivity contribution >= 4 is 12.1 Å². The molecule has 2 aliphatic carbocycles. The van der Waals surface area contributed by atoms with Gasteiger partial charge in [0.15, 0.2) is 0 Å². The van der Waals surface area contributed by atoms with Crippen LogP contribution in [0.2, 0.25) is 0 Å². The second-order valence-electron chi connectivity index (χ2n) is 11.8. The van der Waals surface area contributed by atoms with Crippen LogP contribution in [0.4, 0.5) is 4.79 Å². The van der Waals surface area contributed by atoms with Crippen LogP contribution in [0.3, 0.4) is 0 Å². The van der Waals surface area contributed by atoms with Crippen LogP contribution in [0.1, 0.15) is 75.3 Å². The lowest BCUT2D eigenvalue weighted by Crippen LogP contribution is -2.43. The van der Waals surface area contributed by atoms with Crippen LogP contribution in [0.25, 0.3) is 0 Å². The van der Waals surface area contributed by atoms with Crippen molar-refractivity contribution < 1.29 is 24.2 Å². The fourth-order valence-corrected chi connectivity index (χ4v) is 6.34. The molecule has 2 aliphatic rings. The summed E-state index contributed by atoms with van der Waals surface area (Å²) in [5.74, 6) is 0.294. The number of ether oxygens (including phenoxy) is 2. The molecule has 7 heteroatoms. The van der Waals surface area contributed by atoms with E-state index in [0.717, 1.165) is 69.0 Å². The number of esters is 1. The summed E-state index contributed by atoms with van der Waals surface area (Å²) >= 11 is 0. The summed E-state index contributed by atoms with van der Waals surface area (Å²) < 4.78 is 11.2. The van der Waals surface area contributed by atoms with Crippen LogP contribution in [-0.2, 0) is 21.7 Å². The Morgan fingerprint density at radius 3 is 2.46 bits per heavy atom. The Morgan fingerprint density at radius 1 is 0.974 bits per heavy atom. The molecule has 0 aliphatic heterocycles. The van der Waals surface area contributed by atoms with Gasteiger partial charge in [0.05, 0.1) is 12.0 Å². The van der Waals surface area contributed by atoms with Crippen molar-refractivity contribution in [1.29, 1.82) is 0 Å². The number of amides is 1. The van der Waals surface area contributed by atoms with Gasteiger partial charge < -0.3 is 24.8 Å². The van der Waals surface area contributed by atoms with Crippen molar-refractivity contribution in [3.05, 3.63) is 65.7 Å². The average Bonchev–Trinajstić information content (AvgIpc) is 2.93. The molecule has 39 heavy (non-hydrogen) atoms. The molecule has 0 spiro atoms. The summed E-state index contributed by atoms with van der Waals surface area (Å²) in [6.45, 7) is 1.42. The number of nitrogens with zero attached hydrogens (tertiary/aromatic N) is 1. The van der Waals surface area contributed by atoms with Gasteiger partial charge in [-0.3, -0.25) is 4.79 Å². The van der Waals surface area contributed by atoms with Gasteiger partial charge in [-0.05, 0) is 68.5 Å². The van der Waals surface area contributed by atoms with Crippen LogP contribution in [0.5, 0.6) is 5.75 Å². The van der Waals surface area contributed by atoms with Gasteiger partial charge in [-0.15, -0.1) is 0 Å². The van der Waals surface area contributed by atoms with Crippen molar-refractivity contribution in [3.63, 3.8) is 0 Å². The minimum absolute atomic E-state index is 0.123. The van der Waals surface area contributed by atoms with E-state index >= 15 is 0 Å². The smallest absolute Gasteiger partial charge is 0.412 e. The highest BCUT2D eigenvalue weighted by atomic mass is 16.6. The average molecular weight is 537 g/mol. The van der Waals surface area contributed by atoms with Crippen molar-refractivity contribution in [1.82, 2.24) is 10.2 Å². The number of hydrogen-bond acceptors (Lipinski definition) is 6. The minimum Gasteiger partial charge on any atom is -0.461 e. The summed E-state index contributed by atoms with van der Waals surface area (Å²) in [6.07, 6.45) is 8.39. The van der Waals surface area contributed by atoms with E-state index in [9.17, 15) is 14.7 Å². The van der Waals surface area contributed by atoms with E-state index in [2.05, 4.69) is 10.2 Å². The molecule has 2 saturated carbocycles.